The quantitative estimate of drug-likeness (QED) is 0.848. The highest BCUT2D eigenvalue weighted by molar-refractivity contribution is 5.79. The second kappa shape index (κ2) is 5.96. The number of hydrogen-bond donors (Lipinski definition) is 0. The number of benzene rings is 1. The van der Waals surface area contributed by atoms with Crippen LogP contribution in [-0.2, 0) is 4.74 Å². The maximum atomic E-state index is 8.88. The van der Waals surface area contributed by atoms with E-state index < -0.39 is 0 Å². The summed E-state index contributed by atoms with van der Waals surface area (Å²) in [6, 6.07) is 8.70. The molecule has 1 aliphatic heterocycles. The molecule has 0 amide bonds. The van der Waals surface area contributed by atoms with Crippen molar-refractivity contribution in [1.82, 2.24) is 4.90 Å². The van der Waals surface area contributed by atoms with Crippen LogP contribution in [0.1, 0.15) is 31.4 Å². The molecule has 0 spiro atoms. The zero-order valence-corrected chi connectivity index (χ0v) is 12.6. The van der Waals surface area contributed by atoms with E-state index in [1.54, 1.807) is 6.07 Å². The number of likely N-dealkylation sites (N-methyl/N-ethyl adjacent to an activating group) is 1. The highest BCUT2D eigenvalue weighted by Gasteiger charge is 2.28. The number of ether oxygens (including phenoxy) is 1. The van der Waals surface area contributed by atoms with Crippen LogP contribution in [0, 0.1) is 24.2 Å². The lowest BCUT2D eigenvalue weighted by atomic mass is 10.0. The summed E-state index contributed by atoms with van der Waals surface area (Å²) in [5.74, 6) is 0.641. The minimum absolute atomic E-state index is 0.396. The zero-order valence-electron chi connectivity index (χ0n) is 12.6. The Balaban J connectivity index is 2.18. The SMILES string of the molecule is Cc1cc(C#N)ccc1N=C1OC[C@H](CC(C)C)N1C. The number of nitriles is 1. The molecule has 1 aromatic carbocycles. The van der Waals surface area contributed by atoms with E-state index in [-0.39, 0.29) is 0 Å². The van der Waals surface area contributed by atoms with Crippen molar-refractivity contribution in [2.24, 2.45) is 10.9 Å². The van der Waals surface area contributed by atoms with Gasteiger partial charge in [-0.1, -0.05) is 13.8 Å². The molecule has 0 aliphatic carbocycles. The first-order valence-electron chi connectivity index (χ1n) is 6.96. The monoisotopic (exact) mass is 271 g/mol. The summed E-state index contributed by atoms with van der Waals surface area (Å²) in [6.07, 6.45) is 1.10. The van der Waals surface area contributed by atoms with Gasteiger partial charge in [0.15, 0.2) is 0 Å². The Labute approximate surface area is 120 Å². The Morgan fingerprint density at radius 3 is 2.85 bits per heavy atom. The van der Waals surface area contributed by atoms with Crippen LogP contribution in [0.5, 0.6) is 0 Å². The van der Waals surface area contributed by atoms with E-state index in [4.69, 9.17) is 10.00 Å². The molecule has 1 aliphatic rings. The van der Waals surface area contributed by atoms with Crippen molar-refractivity contribution in [2.45, 2.75) is 33.2 Å². The Morgan fingerprint density at radius 1 is 1.50 bits per heavy atom. The van der Waals surface area contributed by atoms with Gasteiger partial charge >= 0.3 is 0 Å². The molecule has 0 radical (unpaired) electrons. The van der Waals surface area contributed by atoms with Crippen molar-refractivity contribution in [3.05, 3.63) is 29.3 Å². The minimum Gasteiger partial charge on any atom is -0.463 e. The van der Waals surface area contributed by atoms with Crippen LogP contribution in [0.15, 0.2) is 23.2 Å². The summed E-state index contributed by atoms with van der Waals surface area (Å²) in [4.78, 5) is 6.69. The van der Waals surface area contributed by atoms with Gasteiger partial charge < -0.3 is 9.64 Å². The number of hydrogen-bond acceptors (Lipinski definition) is 3. The summed E-state index contributed by atoms with van der Waals surface area (Å²) in [6.45, 7) is 7.09. The van der Waals surface area contributed by atoms with Crippen LogP contribution in [0.4, 0.5) is 5.69 Å². The fourth-order valence-corrected chi connectivity index (χ4v) is 2.38. The maximum Gasteiger partial charge on any atom is 0.292 e. The Morgan fingerprint density at radius 2 is 2.25 bits per heavy atom. The molecule has 0 saturated carbocycles. The van der Waals surface area contributed by atoms with E-state index in [1.807, 2.05) is 26.1 Å². The topological polar surface area (TPSA) is 48.6 Å². The van der Waals surface area contributed by atoms with Crippen molar-refractivity contribution in [3.63, 3.8) is 0 Å². The number of nitrogens with zero attached hydrogens (tertiary/aromatic N) is 3. The van der Waals surface area contributed by atoms with Crippen LogP contribution in [0.2, 0.25) is 0 Å². The molecule has 4 nitrogen and oxygen atoms in total. The predicted octanol–water partition coefficient (Wildman–Crippen LogP) is 3.23. The highest BCUT2D eigenvalue weighted by Crippen LogP contribution is 2.24. The second-order valence-electron chi connectivity index (χ2n) is 5.71. The molecule has 0 bridgehead atoms. The van der Waals surface area contributed by atoms with E-state index in [0.717, 1.165) is 17.7 Å². The summed E-state index contributed by atoms with van der Waals surface area (Å²) in [5.41, 5.74) is 2.50. The van der Waals surface area contributed by atoms with Gasteiger partial charge in [0.2, 0.25) is 0 Å². The smallest absolute Gasteiger partial charge is 0.292 e. The average Bonchev–Trinajstić information content (AvgIpc) is 2.73. The first-order valence-corrected chi connectivity index (χ1v) is 6.96. The van der Waals surface area contributed by atoms with Crippen molar-refractivity contribution in [2.75, 3.05) is 13.7 Å². The van der Waals surface area contributed by atoms with Gasteiger partial charge in [-0.25, -0.2) is 0 Å². The summed E-state index contributed by atoms with van der Waals surface area (Å²) >= 11 is 0. The Bertz CT molecular complexity index is 557. The Hall–Kier alpha value is -2.02. The van der Waals surface area contributed by atoms with Gasteiger partial charge in [0, 0.05) is 7.05 Å². The van der Waals surface area contributed by atoms with Crippen molar-refractivity contribution in [1.29, 1.82) is 5.26 Å². The number of aryl methyl sites for hydroxylation is 1. The molecule has 0 unspecified atom stereocenters. The molecular formula is C16H21N3O. The third kappa shape index (κ3) is 3.11. The predicted molar refractivity (Wildman–Crippen MR) is 79.9 cm³/mol. The summed E-state index contributed by atoms with van der Waals surface area (Å²) in [5, 5.41) is 8.88. The lowest BCUT2D eigenvalue weighted by molar-refractivity contribution is 0.290. The first kappa shape index (κ1) is 14.4. The van der Waals surface area contributed by atoms with Crippen molar-refractivity contribution in [3.8, 4) is 6.07 Å². The van der Waals surface area contributed by atoms with E-state index in [0.29, 0.717) is 30.2 Å². The van der Waals surface area contributed by atoms with E-state index in [2.05, 4.69) is 29.8 Å². The standard InChI is InChI=1S/C16H21N3O/c1-11(2)7-14-10-20-16(19(14)4)18-15-6-5-13(9-17)8-12(15)3/h5-6,8,11,14H,7,10H2,1-4H3/t14-/m0/s1. The molecule has 0 N–H and O–H groups in total. The van der Waals surface area contributed by atoms with Gasteiger partial charge in [-0.15, -0.1) is 0 Å². The fourth-order valence-electron chi connectivity index (χ4n) is 2.38. The Kier molecular flexibility index (Phi) is 4.29. The lowest BCUT2D eigenvalue weighted by Crippen LogP contribution is -2.31. The number of aliphatic imine (C=N–C) groups is 1. The van der Waals surface area contributed by atoms with Gasteiger partial charge in [0.05, 0.1) is 23.4 Å². The molecule has 106 valence electrons. The van der Waals surface area contributed by atoms with Crippen LogP contribution < -0.4 is 0 Å². The molecule has 1 atom stereocenters. The molecular weight excluding hydrogens is 250 g/mol. The van der Waals surface area contributed by atoms with Crippen LogP contribution in [0.3, 0.4) is 0 Å². The zero-order chi connectivity index (χ0) is 14.7. The van der Waals surface area contributed by atoms with Gasteiger partial charge in [0.25, 0.3) is 6.02 Å². The fraction of sp³-hybridized carbons (Fsp3) is 0.500. The highest BCUT2D eigenvalue weighted by atomic mass is 16.5. The van der Waals surface area contributed by atoms with E-state index in [1.165, 1.54) is 0 Å². The molecule has 1 aromatic rings. The second-order valence-corrected chi connectivity index (χ2v) is 5.71. The normalized spacial score (nSPS) is 20.3. The van der Waals surface area contributed by atoms with E-state index >= 15 is 0 Å². The first-order chi connectivity index (χ1) is 9.51. The average molecular weight is 271 g/mol. The number of amidine groups is 1. The largest absolute Gasteiger partial charge is 0.463 e. The molecule has 1 fully saturated rings. The molecule has 4 heteroatoms. The van der Waals surface area contributed by atoms with Crippen LogP contribution >= 0.6 is 0 Å². The molecule has 2 rings (SSSR count). The summed E-state index contributed by atoms with van der Waals surface area (Å²) in [7, 11) is 2.03. The number of rotatable bonds is 3. The van der Waals surface area contributed by atoms with Crippen molar-refractivity contribution < 1.29 is 4.74 Å². The maximum absolute atomic E-state index is 8.88. The van der Waals surface area contributed by atoms with Gasteiger partial charge in [0.1, 0.15) is 6.61 Å². The molecule has 0 aromatic heterocycles. The molecule has 20 heavy (non-hydrogen) atoms. The van der Waals surface area contributed by atoms with E-state index in [9.17, 15) is 0 Å². The third-order valence-corrected chi connectivity index (χ3v) is 3.54. The molecule has 1 heterocycles. The third-order valence-electron chi connectivity index (χ3n) is 3.54. The van der Waals surface area contributed by atoms with Crippen LogP contribution in [0.25, 0.3) is 0 Å². The van der Waals surface area contributed by atoms with Crippen LogP contribution in [-0.4, -0.2) is 30.6 Å². The van der Waals surface area contributed by atoms with Gasteiger partial charge in [-0.3, -0.25) is 0 Å². The minimum atomic E-state index is 0.396. The van der Waals surface area contributed by atoms with Gasteiger partial charge in [-0.05, 0) is 43.0 Å². The molecule has 1 saturated heterocycles. The summed E-state index contributed by atoms with van der Waals surface area (Å²) < 4.78 is 5.71. The van der Waals surface area contributed by atoms with Gasteiger partial charge in [-0.2, -0.15) is 10.3 Å². The van der Waals surface area contributed by atoms with Crippen molar-refractivity contribution >= 4 is 11.7 Å². The lowest BCUT2D eigenvalue weighted by Gasteiger charge is -2.19.